The molecule has 0 aliphatic heterocycles. The Morgan fingerprint density at radius 3 is 3.04 bits per heavy atom. The van der Waals surface area contributed by atoms with Crippen LogP contribution in [0.15, 0.2) is 30.6 Å². The smallest absolute Gasteiger partial charge is 0.315 e. The maximum atomic E-state index is 13.4. The number of urea groups is 1. The fraction of sp³-hybridized carbons (Fsp3) is 0.412. The maximum absolute atomic E-state index is 13.4. The van der Waals surface area contributed by atoms with Crippen LogP contribution in [0.2, 0.25) is 0 Å². The summed E-state index contributed by atoms with van der Waals surface area (Å²) in [5, 5.41) is 20.0. The summed E-state index contributed by atoms with van der Waals surface area (Å²) in [7, 11) is 1.76. The summed E-state index contributed by atoms with van der Waals surface area (Å²) in [4.78, 5) is 12.1. The molecule has 2 aromatic rings. The number of benzene rings is 1. The molecule has 1 aromatic carbocycles. The highest BCUT2D eigenvalue weighted by molar-refractivity contribution is 5.74. The Kier molecular flexibility index (Phi) is 4.28. The molecular weight excluding hydrogens is 311 g/mol. The van der Waals surface area contributed by atoms with Gasteiger partial charge in [0.2, 0.25) is 0 Å². The van der Waals surface area contributed by atoms with Crippen LogP contribution >= 0.6 is 0 Å². The number of hydrogen-bond donors (Lipinski definition) is 3. The van der Waals surface area contributed by atoms with Crippen LogP contribution < -0.4 is 10.6 Å². The van der Waals surface area contributed by atoms with Crippen molar-refractivity contribution < 1.29 is 14.3 Å². The topological polar surface area (TPSA) is 79.2 Å². The highest BCUT2D eigenvalue weighted by Gasteiger charge is 2.27. The Balaban J connectivity index is 1.58. The van der Waals surface area contributed by atoms with Crippen molar-refractivity contribution >= 4 is 6.03 Å². The van der Waals surface area contributed by atoms with E-state index in [4.69, 9.17) is 0 Å². The molecule has 0 fully saturated rings. The van der Waals surface area contributed by atoms with Crippen LogP contribution in [0.4, 0.5) is 9.18 Å². The van der Waals surface area contributed by atoms with Gasteiger partial charge in [0, 0.05) is 18.8 Å². The predicted molar refractivity (Wildman–Crippen MR) is 86.8 cm³/mol. The van der Waals surface area contributed by atoms with Crippen LogP contribution in [0.25, 0.3) is 0 Å². The van der Waals surface area contributed by atoms with Gasteiger partial charge in [0.05, 0.1) is 18.8 Å². The minimum atomic E-state index is -1.22. The van der Waals surface area contributed by atoms with Crippen molar-refractivity contribution in [3.8, 4) is 0 Å². The third-order valence-corrected chi connectivity index (χ3v) is 4.41. The second kappa shape index (κ2) is 6.24. The largest absolute Gasteiger partial charge is 0.383 e. The van der Waals surface area contributed by atoms with Gasteiger partial charge in [-0.3, -0.25) is 4.68 Å². The number of nitrogens with one attached hydrogen (secondary N) is 2. The summed E-state index contributed by atoms with van der Waals surface area (Å²) in [6.45, 7) is 1.66. The molecule has 1 aromatic heterocycles. The van der Waals surface area contributed by atoms with E-state index in [9.17, 15) is 14.3 Å². The van der Waals surface area contributed by atoms with Gasteiger partial charge in [-0.15, -0.1) is 0 Å². The van der Waals surface area contributed by atoms with Crippen molar-refractivity contribution in [3.63, 3.8) is 0 Å². The van der Waals surface area contributed by atoms with E-state index in [2.05, 4.69) is 15.7 Å². The monoisotopic (exact) mass is 332 g/mol. The first-order valence-electron chi connectivity index (χ1n) is 7.89. The molecule has 0 saturated carbocycles. The van der Waals surface area contributed by atoms with E-state index in [0.717, 1.165) is 24.0 Å². The lowest BCUT2D eigenvalue weighted by molar-refractivity contribution is 0.0592. The Morgan fingerprint density at radius 2 is 2.33 bits per heavy atom. The van der Waals surface area contributed by atoms with Crippen molar-refractivity contribution in [1.29, 1.82) is 0 Å². The summed E-state index contributed by atoms with van der Waals surface area (Å²) in [6.07, 6.45) is 4.82. The van der Waals surface area contributed by atoms with Crippen molar-refractivity contribution in [2.45, 2.75) is 31.4 Å². The van der Waals surface area contributed by atoms with Crippen LogP contribution in [0.3, 0.4) is 0 Å². The standard InChI is InChI=1S/C17H21FN4O2/c1-17(24,12-8-20-22(2)9-12)10-19-16(23)21-15-6-4-11-3-5-13(18)7-14(11)15/h3,5,7-9,15,24H,4,6,10H2,1-2H3,(H2,19,21,23). The number of amides is 2. The number of aromatic nitrogens is 2. The highest BCUT2D eigenvalue weighted by Crippen LogP contribution is 2.31. The number of hydrogen-bond acceptors (Lipinski definition) is 3. The zero-order chi connectivity index (χ0) is 17.3. The van der Waals surface area contributed by atoms with E-state index in [-0.39, 0.29) is 24.4 Å². The third-order valence-electron chi connectivity index (χ3n) is 4.41. The Bertz CT molecular complexity index is 757. The van der Waals surface area contributed by atoms with Crippen LogP contribution in [0.5, 0.6) is 0 Å². The molecule has 128 valence electrons. The first-order chi connectivity index (χ1) is 11.3. The Labute approximate surface area is 139 Å². The van der Waals surface area contributed by atoms with E-state index >= 15 is 0 Å². The molecule has 3 N–H and O–H groups in total. The molecule has 3 rings (SSSR count). The minimum Gasteiger partial charge on any atom is -0.383 e. The van der Waals surface area contributed by atoms with E-state index in [1.807, 2.05) is 0 Å². The number of aliphatic hydroxyl groups is 1. The fourth-order valence-corrected chi connectivity index (χ4v) is 2.99. The van der Waals surface area contributed by atoms with Gasteiger partial charge in [0.15, 0.2) is 0 Å². The van der Waals surface area contributed by atoms with Crippen molar-refractivity contribution in [2.75, 3.05) is 6.54 Å². The van der Waals surface area contributed by atoms with Crippen LogP contribution in [-0.4, -0.2) is 27.5 Å². The molecule has 7 heteroatoms. The van der Waals surface area contributed by atoms with Gasteiger partial charge in [-0.1, -0.05) is 6.07 Å². The number of carbonyl (C=O) groups excluding carboxylic acids is 1. The molecule has 6 nitrogen and oxygen atoms in total. The van der Waals surface area contributed by atoms with E-state index in [1.165, 1.54) is 12.1 Å². The van der Waals surface area contributed by atoms with Gasteiger partial charge in [-0.2, -0.15) is 5.10 Å². The van der Waals surface area contributed by atoms with Gasteiger partial charge >= 0.3 is 6.03 Å². The molecular formula is C17H21FN4O2. The molecule has 2 atom stereocenters. The summed E-state index contributed by atoms with van der Waals surface area (Å²) >= 11 is 0. The van der Waals surface area contributed by atoms with Crippen LogP contribution in [0, 0.1) is 5.82 Å². The third kappa shape index (κ3) is 3.41. The summed E-state index contributed by atoms with van der Waals surface area (Å²) < 4.78 is 15.0. The van der Waals surface area contributed by atoms with E-state index in [1.54, 1.807) is 37.1 Å². The van der Waals surface area contributed by atoms with Gasteiger partial charge in [0.25, 0.3) is 0 Å². The first-order valence-corrected chi connectivity index (χ1v) is 7.89. The summed E-state index contributed by atoms with van der Waals surface area (Å²) in [5.41, 5.74) is 1.29. The second-order valence-electron chi connectivity index (χ2n) is 6.44. The van der Waals surface area contributed by atoms with Gasteiger partial charge in [-0.05, 0) is 43.0 Å². The van der Waals surface area contributed by atoms with Crippen molar-refractivity contribution in [3.05, 3.63) is 53.1 Å². The predicted octanol–water partition coefficient (Wildman–Crippen LogP) is 1.75. The van der Waals surface area contributed by atoms with Crippen molar-refractivity contribution in [2.24, 2.45) is 7.05 Å². The zero-order valence-corrected chi connectivity index (χ0v) is 13.7. The molecule has 0 radical (unpaired) electrons. The summed E-state index contributed by atoms with van der Waals surface area (Å²) in [6, 6.07) is 4.07. The lowest BCUT2D eigenvalue weighted by Crippen LogP contribution is -2.44. The summed E-state index contributed by atoms with van der Waals surface area (Å²) in [5.74, 6) is -0.303. The maximum Gasteiger partial charge on any atom is 0.315 e. The molecule has 0 spiro atoms. The normalized spacial score (nSPS) is 18.8. The molecule has 1 heterocycles. The molecule has 2 amide bonds. The number of halogens is 1. The molecule has 1 aliphatic carbocycles. The first kappa shape index (κ1) is 16.4. The van der Waals surface area contributed by atoms with E-state index in [0.29, 0.717) is 5.56 Å². The van der Waals surface area contributed by atoms with Gasteiger partial charge < -0.3 is 15.7 Å². The van der Waals surface area contributed by atoms with Crippen molar-refractivity contribution in [1.82, 2.24) is 20.4 Å². The average Bonchev–Trinajstić information content (AvgIpc) is 3.13. The van der Waals surface area contributed by atoms with Crippen LogP contribution in [0.1, 0.15) is 36.1 Å². The van der Waals surface area contributed by atoms with Gasteiger partial charge in [-0.25, -0.2) is 9.18 Å². The Morgan fingerprint density at radius 1 is 1.54 bits per heavy atom. The Hall–Kier alpha value is -2.41. The van der Waals surface area contributed by atoms with Crippen LogP contribution in [-0.2, 0) is 19.1 Å². The lowest BCUT2D eigenvalue weighted by Gasteiger charge is -2.23. The lowest BCUT2D eigenvalue weighted by atomic mass is 10.00. The number of aryl methyl sites for hydroxylation is 2. The molecule has 0 bridgehead atoms. The second-order valence-corrected chi connectivity index (χ2v) is 6.44. The fourth-order valence-electron chi connectivity index (χ4n) is 2.99. The van der Waals surface area contributed by atoms with Gasteiger partial charge in [0.1, 0.15) is 11.4 Å². The number of nitrogens with zero attached hydrogens (tertiary/aromatic N) is 2. The number of carbonyl (C=O) groups is 1. The average molecular weight is 332 g/mol. The minimum absolute atomic E-state index is 0.0489. The van der Waals surface area contributed by atoms with E-state index < -0.39 is 5.60 Å². The number of fused-ring (bicyclic) bond motifs is 1. The molecule has 1 aliphatic rings. The highest BCUT2D eigenvalue weighted by atomic mass is 19.1. The molecule has 24 heavy (non-hydrogen) atoms. The molecule has 2 unspecified atom stereocenters. The SMILES string of the molecule is Cn1cc(C(C)(O)CNC(=O)NC2CCc3ccc(F)cc32)cn1. The number of rotatable bonds is 4. The zero-order valence-electron chi connectivity index (χ0n) is 13.7. The molecule has 0 saturated heterocycles. The quantitative estimate of drug-likeness (QED) is 0.798.